The maximum atomic E-state index is 5.35. The smallest absolute Gasteiger partial charge is 0.224 e. The second kappa shape index (κ2) is 8.47. The van der Waals surface area contributed by atoms with E-state index in [1.165, 1.54) is 0 Å². The van der Waals surface area contributed by atoms with Crippen molar-refractivity contribution < 1.29 is 9.47 Å². The number of hydrogen-bond acceptors (Lipinski definition) is 7. The Hall–Kier alpha value is -2.38. The fourth-order valence-corrected chi connectivity index (χ4v) is 2.55. The molecule has 1 aromatic heterocycles. The third kappa shape index (κ3) is 4.56. The van der Waals surface area contributed by atoms with Crippen molar-refractivity contribution in [3.05, 3.63) is 36.5 Å². The highest BCUT2D eigenvalue weighted by molar-refractivity contribution is 5.64. The lowest BCUT2D eigenvalue weighted by molar-refractivity contribution is 0.0398. The van der Waals surface area contributed by atoms with Gasteiger partial charge in [0.05, 0.1) is 26.0 Å². The molecule has 0 amide bonds. The normalized spacial score (nSPS) is 15.0. The number of anilines is 3. The number of aromatic nitrogens is 2. The van der Waals surface area contributed by atoms with Crippen LogP contribution in [0.2, 0.25) is 0 Å². The molecule has 0 unspecified atom stereocenters. The molecule has 128 valence electrons. The van der Waals surface area contributed by atoms with Gasteiger partial charge in [0.15, 0.2) is 0 Å². The lowest BCUT2D eigenvalue weighted by Crippen LogP contribution is -2.39. The molecule has 0 aliphatic carbocycles. The number of rotatable bonds is 7. The molecule has 1 saturated heterocycles. The van der Waals surface area contributed by atoms with Crippen LogP contribution in [0, 0.1) is 0 Å². The third-order valence-electron chi connectivity index (χ3n) is 3.84. The number of methoxy groups -OCH3 is 1. The molecule has 0 spiro atoms. The second-order valence-electron chi connectivity index (χ2n) is 5.47. The van der Waals surface area contributed by atoms with Crippen molar-refractivity contribution in [3.63, 3.8) is 0 Å². The van der Waals surface area contributed by atoms with Crippen LogP contribution in [0.15, 0.2) is 36.5 Å². The Morgan fingerprint density at radius 3 is 2.88 bits per heavy atom. The molecule has 0 atom stereocenters. The van der Waals surface area contributed by atoms with Gasteiger partial charge in [0, 0.05) is 32.4 Å². The fraction of sp³-hybridized carbons (Fsp3) is 0.412. The number of benzene rings is 1. The van der Waals surface area contributed by atoms with Crippen LogP contribution < -0.4 is 15.4 Å². The summed E-state index contributed by atoms with van der Waals surface area (Å²) in [6.45, 7) is 5.36. The van der Waals surface area contributed by atoms with Gasteiger partial charge < -0.3 is 20.1 Å². The lowest BCUT2D eigenvalue weighted by atomic mass is 10.3. The minimum Gasteiger partial charge on any atom is -0.495 e. The average Bonchev–Trinajstić information content (AvgIpc) is 2.63. The Balaban J connectivity index is 1.55. The van der Waals surface area contributed by atoms with Gasteiger partial charge in [0.2, 0.25) is 5.95 Å². The summed E-state index contributed by atoms with van der Waals surface area (Å²) < 4.78 is 10.7. The first-order chi connectivity index (χ1) is 11.8. The summed E-state index contributed by atoms with van der Waals surface area (Å²) in [5.41, 5.74) is 0.873. The first kappa shape index (κ1) is 16.5. The van der Waals surface area contributed by atoms with E-state index < -0.39 is 0 Å². The predicted octanol–water partition coefficient (Wildman–Crippen LogP) is 1.97. The van der Waals surface area contributed by atoms with E-state index in [2.05, 4.69) is 25.5 Å². The van der Waals surface area contributed by atoms with Crippen molar-refractivity contribution in [1.29, 1.82) is 0 Å². The first-order valence-electron chi connectivity index (χ1n) is 8.12. The van der Waals surface area contributed by atoms with Crippen LogP contribution in [0.3, 0.4) is 0 Å². The Bertz CT molecular complexity index is 646. The van der Waals surface area contributed by atoms with Crippen molar-refractivity contribution in [2.24, 2.45) is 0 Å². The Labute approximate surface area is 142 Å². The van der Waals surface area contributed by atoms with Crippen molar-refractivity contribution in [3.8, 4) is 5.75 Å². The summed E-state index contributed by atoms with van der Waals surface area (Å²) in [7, 11) is 1.65. The summed E-state index contributed by atoms with van der Waals surface area (Å²) in [4.78, 5) is 11.1. The zero-order valence-electron chi connectivity index (χ0n) is 13.9. The molecule has 1 fully saturated rings. The number of para-hydroxylation sites is 2. The Kier molecular flexibility index (Phi) is 5.81. The lowest BCUT2D eigenvalue weighted by Gasteiger charge is -2.26. The van der Waals surface area contributed by atoms with Crippen molar-refractivity contribution in [2.45, 2.75) is 0 Å². The number of morpholine rings is 1. The van der Waals surface area contributed by atoms with E-state index in [0.29, 0.717) is 5.95 Å². The molecule has 2 heterocycles. The van der Waals surface area contributed by atoms with Crippen LogP contribution in [-0.2, 0) is 4.74 Å². The fourth-order valence-electron chi connectivity index (χ4n) is 2.55. The summed E-state index contributed by atoms with van der Waals surface area (Å²) in [5, 5.41) is 6.53. The number of nitrogens with one attached hydrogen (secondary N) is 2. The van der Waals surface area contributed by atoms with Crippen molar-refractivity contribution >= 4 is 17.5 Å². The molecule has 2 aromatic rings. The molecule has 24 heavy (non-hydrogen) atoms. The maximum absolute atomic E-state index is 5.35. The van der Waals surface area contributed by atoms with Gasteiger partial charge >= 0.3 is 0 Å². The molecule has 2 N–H and O–H groups in total. The summed E-state index contributed by atoms with van der Waals surface area (Å²) >= 11 is 0. The molecular formula is C17H23N5O2. The van der Waals surface area contributed by atoms with Crippen LogP contribution in [0.5, 0.6) is 5.75 Å². The van der Waals surface area contributed by atoms with Gasteiger partial charge in [-0.15, -0.1) is 0 Å². The van der Waals surface area contributed by atoms with E-state index in [-0.39, 0.29) is 0 Å². The standard InChI is InChI=1S/C17H23N5O2/c1-23-15-5-3-2-4-14(15)20-16-6-7-18-17(21-16)19-8-9-22-10-12-24-13-11-22/h2-7H,8-13H2,1H3,(H2,18,19,20,21). The number of nitrogens with zero attached hydrogens (tertiary/aromatic N) is 3. The zero-order valence-corrected chi connectivity index (χ0v) is 13.9. The van der Waals surface area contributed by atoms with E-state index in [0.717, 1.165) is 56.6 Å². The zero-order chi connectivity index (χ0) is 16.6. The van der Waals surface area contributed by atoms with Crippen LogP contribution >= 0.6 is 0 Å². The monoisotopic (exact) mass is 329 g/mol. The Morgan fingerprint density at radius 2 is 2.04 bits per heavy atom. The van der Waals surface area contributed by atoms with Gasteiger partial charge in [-0.25, -0.2) is 4.98 Å². The number of hydrogen-bond donors (Lipinski definition) is 2. The molecule has 1 aliphatic rings. The van der Waals surface area contributed by atoms with Crippen molar-refractivity contribution in [2.75, 3.05) is 57.1 Å². The maximum Gasteiger partial charge on any atom is 0.224 e. The van der Waals surface area contributed by atoms with Gasteiger partial charge in [0.1, 0.15) is 11.6 Å². The molecule has 0 saturated carbocycles. The van der Waals surface area contributed by atoms with E-state index in [1.54, 1.807) is 13.3 Å². The molecular weight excluding hydrogens is 306 g/mol. The Morgan fingerprint density at radius 1 is 1.21 bits per heavy atom. The molecule has 7 nitrogen and oxygen atoms in total. The highest BCUT2D eigenvalue weighted by atomic mass is 16.5. The van der Waals surface area contributed by atoms with Gasteiger partial charge in [-0.1, -0.05) is 12.1 Å². The molecule has 1 aliphatic heterocycles. The number of ether oxygens (including phenoxy) is 2. The van der Waals surface area contributed by atoms with E-state index in [9.17, 15) is 0 Å². The first-order valence-corrected chi connectivity index (χ1v) is 8.12. The van der Waals surface area contributed by atoms with Crippen LogP contribution in [0.1, 0.15) is 0 Å². The van der Waals surface area contributed by atoms with Gasteiger partial charge in [-0.05, 0) is 18.2 Å². The molecule has 1 aromatic carbocycles. The molecule has 0 bridgehead atoms. The van der Waals surface area contributed by atoms with E-state index >= 15 is 0 Å². The average molecular weight is 329 g/mol. The van der Waals surface area contributed by atoms with Crippen LogP contribution in [0.4, 0.5) is 17.5 Å². The third-order valence-corrected chi connectivity index (χ3v) is 3.84. The van der Waals surface area contributed by atoms with E-state index in [4.69, 9.17) is 9.47 Å². The minimum absolute atomic E-state index is 0.614. The minimum atomic E-state index is 0.614. The molecule has 7 heteroatoms. The largest absolute Gasteiger partial charge is 0.495 e. The highest BCUT2D eigenvalue weighted by Crippen LogP contribution is 2.26. The SMILES string of the molecule is COc1ccccc1Nc1ccnc(NCCN2CCOCC2)n1. The van der Waals surface area contributed by atoms with Crippen LogP contribution in [-0.4, -0.2) is 61.4 Å². The van der Waals surface area contributed by atoms with Crippen LogP contribution in [0.25, 0.3) is 0 Å². The topological polar surface area (TPSA) is 71.5 Å². The summed E-state index contributed by atoms with van der Waals surface area (Å²) in [6, 6.07) is 9.58. The van der Waals surface area contributed by atoms with E-state index in [1.807, 2.05) is 30.3 Å². The van der Waals surface area contributed by atoms with Gasteiger partial charge in [-0.3, -0.25) is 4.90 Å². The highest BCUT2D eigenvalue weighted by Gasteiger charge is 2.09. The van der Waals surface area contributed by atoms with Gasteiger partial charge in [-0.2, -0.15) is 4.98 Å². The van der Waals surface area contributed by atoms with Crippen molar-refractivity contribution in [1.82, 2.24) is 14.9 Å². The summed E-state index contributed by atoms with van der Waals surface area (Å²) in [5.74, 6) is 2.12. The van der Waals surface area contributed by atoms with Gasteiger partial charge in [0.25, 0.3) is 0 Å². The molecule has 3 rings (SSSR count). The quantitative estimate of drug-likeness (QED) is 0.804. The summed E-state index contributed by atoms with van der Waals surface area (Å²) in [6.07, 6.45) is 1.74. The predicted molar refractivity (Wildman–Crippen MR) is 94.1 cm³/mol. The molecule has 0 radical (unpaired) electrons. The second-order valence-corrected chi connectivity index (χ2v) is 5.47.